The number of fused-ring (bicyclic) bond motifs is 1. The summed E-state index contributed by atoms with van der Waals surface area (Å²) in [5.74, 6) is -0.692. The van der Waals surface area contributed by atoms with Crippen molar-refractivity contribution in [2.45, 2.75) is 19.8 Å². The van der Waals surface area contributed by atoms with Gasteiger partial charge >= 0.3 is 0 Å². The van der Waals surface area contributed by atoms with Crippen molar-refractivity contribution in [2.24, 2.45) is 4.99 Å². The first-order chi connectivity index (χ1) is 14.5. The van der Waals surface area contributed by atoms with Crippen LogP contribution in [0.15, 0.2) is 53.5 Å². The summed E-state index contributed by atoms with van der Waals surface area (Å²) in [5.41, 5.74) is 3.46. The van der Waals surface area contributed by atoms with E-state index in [2.05, 4.69) is 22.2 Å². The van der Waals surface area contributed by atoms with Crippen molar-refractivity contribution in [2.75, 3.05) is 6.54 Å². The molecule has 3 N–H and O–H groups in total. The molecule has 1 aliphatic heterocycles. The van der Waals surface area contributed by atoms with E-state index in [1.54, 1.807) is 48.5 Å². The van der Waals surface area contributed by atoms with Crippen LogP contribution >= 0.6 is 11.6 Å². The number of aliphatic imine (C=N–C) groups is 1. The van der Waals surface area contributed by atoms with Gasteiger partial charge in [0.25, 0.3) is 11.8 Å². The first kappa shape index (κ1) is 19.9. The fraction of sp³-hybridized carbons (Fsp3) is 0.174. The van der Waals surface area contributed by atoms with Gasteiger partial charge in [0.15, 0.2) is 5.88 Å². The topological polar surface area (TPSA) is 94.5 Å². The molecule has 6 nitrogen and oxygen atoms in total. The first-order valence-corrected chi connectivity index (χ1v) is 10.1. The Balaban J connectivity index is 1.64. The lowest BCUT2D eigenvalue weighted by molar-refractivity contribution is 0.0952. The third-order valence-corrected chi connectivity index (χ3v) is 5.27. The number of carbonyl (C=O) groups excluding carboxylic acids is 2. The molecule has 4 rings (SSSR count). The molecule has 0 saturated carbocycles. The Morgan fingerprint density at radius 3 is 2.40 bits per heavy atom. The Hall–Kier alpha value is -3.38. The maximum absolute atomic E-state index is 12.6. The van der Waals surface area contributed by atoms with Gasteiger partial charge in [-0.2, -0.15) is 0 Å². The summed E-state index contributed by atoms with van der Waals surface area (Å²) >= 11 is 5.94. The minimum Gasteiger partial charge on any atom is -0.494 e. The Morgan fingerprint density at radius 1 is 1.07 bits per heavy atom. The molecule has 0 unspecified atom stereocenters. The zero-order chi connectivity index (χ0) is 21.3. The number of aromatic amines is 1. The van der Waals surface area contributed by atoms with E-state index >= 15 is 0 Å². The number of carbonyl (C=O) groups is 2. The van der Waals surface area contributed by atoms with Crippen LogP contribution < -0.4 is 5.32 Å². The van der Waals surface area contributed by atoms with Crippen LogP contribution in [-0.2, 0) is 0 Å². The van der Waals surface area contributed by atoms with Crippen molar-refractivity contribution in [3.05, 3.63) is 75.8 Å². The van der Waals surface area contributed by atoms with Crippen LogP contribution in [0.3, 0.4) is 0 Å². The molecule has 0 aliphatic carbocycles. The Kier molecular flexibility index (Phi) is 5.42. The largest absolute Gasteiger partial charge is 0.494 e. The van der Waals surface area contributed by atoms with Crippen LogP contribution in [0.1, 0.15) is 51.6 Å². The summed E-state index contributed by atoms with van der Waals surface area (Å²) in [7, 11) is 0. The number of amides is 2. The number of aromatic nitrogens is 1. The summed E-state index contributed by atoms with van der Waals surface area (Å²) in [6.45, 7) is 2.70. The van der Waals surface area contributed by atoms with E-state index in [0.29, 0.717) is 50.8 Å². The van der Waals surface area contributed by atoms with Crippen molar-refractivity contribution in [1.82, 2.24) is 10.3 Å². The van der Waals surface area contributed by atoms with Crippen LogP contribution in [-0.4, -0.2) is 34.2 Å². The molecular weight excluding hydrogens is 402 g/mol. The molecule has 0 saturated heterocycles. The second kappa shape index (κ2) is 8.16. The number of aromatic hydroxyl groups is 1. The number of nitrogens with one attached hydrogen (secondary N) is 2. The molecule has 0 spiro atoms. The average Bonchev–Trinajstić information content (AvgIpc) is 3.27. The lowest BCUT2D eigenvalue weighted by atomic mass is 9.99. The van der Waals surface area contributed by atoms with Crippen molar-refractivity contribution < 1.29 is 14.7 Å². The minimum atomic E-state index is -0.428. The summed E-state index contributed by atoms with van der Waals surface area (Å²) in [6.07, 6.45) is 1.94. The number of hydrogen-bond acceptors (Lipinski definition) is 3. The molecule has 0 fully saturated rings. The van der Waals surface area contributed by atoms with Gasteiger partial charge in [0.05, 0.1) is 22.5 Å². The van der Waals surface area contributed by atoms with E-state index in [-0.39, 0.29) is 11.8 Å². The highest BCUT2D eigenvalue weighted by Crippen LogP contribution is 2.38. The fourth-order valence-corrected chi connectivity index (χ4v) is 3.57. The molecular formula is C23H20ClN3O3. The van der Waals surface area contributed by atoms with Crippen LogP contribution in [0.5, 0.6) is 5.88 Å². The monoisotopic (exact) mass is 421 g/mol. The van der Waals surface area contributed by atoms with Gasteiger partial charge in [0.1, 0.15) is 0 Å². The van der Waals surface area contributed by atoms with E-state index in [1.807, 2.05) is 0 Å². The summed E-state index contributed by atoms with van der Waals surface area (Å²) < 4.78 is 0. The number of benzene rings is 2. The predicted molar refractivity (Wildman–Crippen MR) is 117 cm³/mol. The van der Waals surface area contributed by atoms with Gasteiger partial charge in [-0.25, -0.2) is 4.99 Å². The molecule has 1 aliphatic rings. The minimum absolute atomic E-state index is 0.124. The smallest absolute Gasteiger partial charge is 0.280 e. The maximum Gasteiger partial charge on any atom is 0.280 e. The standard InChI is InChI=1S/C23H20ClN3O3/c1-2-3-12-25-21(28)15-6-4-13(5-7-15)19-17-18(23(30)26-19)20(27-22(17)29)14-8-10-16(24)11-9-14/h4-11,26,30H,2-3,12H2,1H3,(H,25,28). The molecule has 30 heavy (non-hydrogen) atoms. The van der Waals surface area contributed by atoms with Gasteiger partial charge in [-0.05, 0) is 36.2 Å². The van der Waals surface area contributed by atoms with Crippen LogP contribution in [0.4, 0.5) is 0 Å². The number of H-pyrrole nitrogens is 1. The number of nitrogens with zero attached hydrogens (tertiary/aromatic N) is 1. The predicted octanol–water partition coefficient (Wildman–Crippen LogP) is 4.56. The molecule has 7 heteroatoms. The molecule has 2 amide bonds. The van der Waals surface area contributed by atoms with Crippen LogP contribution in [0.25, 0.3) is 11.3 Å². The molecule has 3 aromatic rings. The molecule has 0 bridgehead atoms. The summed E-state index contributed by atoms with van der Waals surface area (Å²) in [4.78, 5) is 31.9. The summed E-state index contributed by atoms with van der Waals surface area (Å²) in [5, 5.41) is 13.9. The van der Waals surface area contributed by atoms with Crippen LogP contribution in [0.2, 0.25) is 5.02 Å². The van der Waals surface area contributed by atoms with Gasteiger partial charge in [0.2, 0.25) is 0 Å². The quantitative estimate of drug-likeness (QED) is 0.509. The second-order valence-corrected chi connectivity index (χ2v) is 7.49. The fourth-order valence-electron chi connectivity index (χ4n) is 3.45. The molecule has 152 valence electrons. The van der Waals surface area contributed by atoms with Gasteiger partial charge in [0, 0.05) is 22.7 Å². The highest BCUT2D eigenvalue weighted by molar-refractivity contribution is 6.32. The first-order valence-electron chi connectivity index (χ1n) is 9.72. The van der Waals surface area contributed by atoms with Crippen molar-refractivity contribution in [3.8, 4) is 17.1 Å². The lowest BCUT2D eigenvalue weighted by Crippen LogP contribution is -2.24. The van der Waals surface area contributed by atoms with Gasteiger partial charge < -0.3 is 15.4 Å². The Labute approximate surface area is 178 Å². The Bertz CT molecular complexity index is 1150. The third-order valence-electron chi connectivity index (χ3n) is 5.01. The van der Waals surface area contributed by atoms with Gasteiger partial charge in [-0.3, -0.25) is 9.59 Å². The van der Waals surface area contributed by atoms with E-state index < -0.39 is 5.91 Å². The number of hydrogen-bond donors (Lipinski definition) is 3. The van der Waals surface area contributed by atoms with Crippen molar-refractivity contribution in [1.29, 1.82) is 0 Å². The molecule has 2 aromatic carbocycles. The van der Waals surface area contributed by atoms with E-state index in [9.17, 15) is 14.7 Å². The third kappa shape index (κ3) is 3.62. The number of unbranched alkanes of at least 4 members (excludes halogenated alkanes) is 1. The molecule has 0 atom stereocenters. The summed E-state index contributed by atoms with van der Waals surface area (Å²) in [6, 6.07) is 13.8. The van der Waals surface area contributed by atoms with Gasteiger partial charge in [-0.1, -0.05) is 49.2 Å². The van der Waals surface area contributed by atoms with Crippen LogP contribution in [0, 0.1) is 0 Å². The number of halogens is 1. The zero-order valence-corrected chi connectivity index (χ0v) is 17.1. The SMILES string of the molecule is CCCCNC(=O)c1ccc(-c2[nH]c(O)c3c2C(=O)N=C3c2ccc(Cl)cc2)cc1. The maximum atomic E-state index is 12.6. The highest BCUT2D eigenvalue weighted by atomic mass is 35.5. The van der Waals surface area contributed by atoms with Gasteiger partial charge in [-0.15, -0.1) is 0 Å². The second-order valence-electron chi connectivity index (χ2n) is 7.06. The molecule has 1 aromatic heterocycles. The molecule has 0 radical (unpaired) electrons. The normalized spacial score (nSPS) is 12.6. The van der Waals surface area contributed by atoms with Crippen molar-refractivity contribution in [3.63, 3.8) is 0 Å². The number of rotatable bonds is 6. The molecule has 2 heterocycles. The highest BCUT2D eigenvalue weighted by Gasteiger charge is 2.33. The van der Waals surface area contributed by atoms with Crippen molar-refractivity contribution >= 4 is 29.1 Å². The van der Waals surface area contributed by atoms with E-state index in [4.69, 9.17) is 11.6 Å². The zero-order valence-electron chi connectivity index (χ0n) is 16.3. The van der Waals surface area contributed by atoms with E-state index in [0.717, 1.165) is 12.8 Å². The average molecular weight is 422 g/mol. The Morgan fingerprint density at radius 2 is 1.73 bits per heavy atom. The van der Waals surface area contributed by atoms with E-state index in [1.165, 1.54) is 0 Å². The lowest BCUT2D eigenvalue weighted by Gasteiger charge is -2.06.